The minimum Gasteiger partial charge on any atom is -0.323 e. The van der Waals surface area contributed by atoms with Gasteiger partial charge in [0, 0.05) is 11.6 Å². The highest BCUT2D eigenvalue weighted by Gasteiger charge is 2.27. The Morgan fingerprint density at radius 2 is 2.40 bits per heavy atom. The average Bonchev–Trinajstić information content (AvgIpc) is 2.30. The Labute approximate surface area is 62.5 Å². The first-order chi connectivity index (χ1) is 4.79. The number of hydrazone groups is 1. The molecule has 58 valence electrons. The molecule has 0 saturated heterocycles. The molecular formula is C8H16N2. The molecule has 0 spiro atoms. The van der Waals surface area contributed by atoms with E-state index in [1.807, 2.05) is 0 Å². The van der Waals surface area contributed by atoms with Gasteiger partial charge in [0.05, 0.1) is 0 Å². The number of nitrogens with zero attached hydrogens (tertiary/aromatic N) is 1. The Balaban J connectivity index is 2.63. The first-order valence-corrected chi connectivity index (χ1v) is 4.06. The van der Waals surface area contributed by atoms with Crippen molar-refractivity contribution in [1.82, 2.24) is 0 Å². The summed E-state index contributed by atoms with van der Waals surface area (Å²) in [6, 6.07) is 0. The van der Waals surface area contributed by atoms with Crippen LogP contribution in [0.15, 0.2) is 5.10 Å². The summed E-state index contributed by atoms with van der Waals surface area (Å²) in [6.45, 7) is 4.49. The van der Waals surface area contributed by atoms with Crippen LogP contribution in [0, 0.1) is 11.8 Å². The van der Waals surface area contributed by atoms with Crippen LogP contribution in [0.1, 0.15) is 33.1 Å². The molecule has 0 radical (unpaired) electrons. The van der Waals surface area contributed by atoms with E-state index in [0.717, 1.165) is 12.3 Å². The van der Waals surface area contributed by atoms with Gasteiger partial charge in [-0.15, -0.1) is 0 Å². The highest BCUT2D eigenvalue weighted by Crippen LogP contribution is 2.30. The van der Waals surface area contributed by atoms with Gasteiger partial charge in [0.25, 0.3) is 0 Å². The highest BCUT2D eigenvalue weighted by atomic mass is 15.1. The number of nitrogens with two attached hydrogens (primary N) is 1. The fourth-order valence-electron chi connectivity index (χ4n) is 1.89. The van der Waals surface area contributed by atoms with Crippen LogP contribution < -0.4 is 5.84 Å². The van der Waals surface area contributed by atoms with Gasteiger partial charge in [-0.3, -0.25) is 0 Å². The van der Waals surface area contributed by atoms with Crippen LogP contribution in [0.25, 0.3) is 0 Å². The predicted molar refractivity (Wildman–Crippen MR) is 43.8 cm³/mol. The van der Waals surface area contributed by atoms with Gasteiger partial charge in [-0.05, 0) is 25.2 Å². The molecule has 1 fully saturated rings. The third-order valence-electron chi connectivity index (χ3n) is 2.58. The van der Waals surface area contributed by atoms with Gasteiger partial charge < -0.3 is 5.84 Å². The van der Waals surface area contributed by atoms with E-state index < -0.39 is 0 Å². The molecule has 0 bridgehead atoms. The van der Waals surface area contributed by atoms with E-state index in [1.165, 1.54) is 18.6 Å². The minimum atomic E-state index is 0.671. The van der Waals surface area contributed by atoms with Gasteiger partial charge in [0.15, 0.2) is 0 Å². The molecule has 1 aliphatic rings. The molecule has 0 unspecified atom stereocenters. The van der Waals surface area contributed by atoms with Crippen LogP contribution in [-0.2, 0) is 0 Å². The fraction of sp³-hybridized carbons (Fsp3) is 0.875. The molecule has 2 atom stereocenters. The Morgan fingerprint density at radius 3 is 2.80 bits per heavy atom. The lowest BCUT2D eigenvalue weighted by molar-refractivity contribution is 0.468. The first-order valence-electron chi connectivity index (χ1n) is 4.06. The van der Waals surface area contributed by atoms with Crippen molar-refractivity contribution in [1.29, 1.82) is 0 Å². The van der Waals surface area contributed by atoms with E-state index in [0.29, 0.717) is 5.92 Å². The summed E-state index contributed by atoms with van der Waals surface area (Å²) >= 11 is 0. The third kappa shape index (κ3) is 1.15. The van der Waals surface area contributed by atoms with Crippen LogP contribution in [0.3, 0.4) is 0 Å². The Bertz CT molecular complexity index is 140. The van der Waals surface area contributed by atoms with Crippen molar-refractivity contribution in [3.05, 3.63) is 0 Å². The Morgan fingerprint density at radius 1 is 1.70 bits per heavy atom. The topological polar surface area (TPSA) is 38.4 Å². The van der Waals surface area contributed by atoms with Crippen LogP contribution in [0.5, 0.6) is 0 Å². The molecule has 0 aromatic rings. The average molecular weight is 140 g/mol. The van der Waals surface area contributed by atoms with Gasteiger partial charge >= 0.3 is 0 Å². The van der Waals surface area contributed by atoms with Crippen LogP contribution in [0.2, 0.25) is 0 Å². The van der Waals surface area contributed by atoms with Gasteiger partial charge in [0.1, 0.15) is 0 Å². The predicted octanol–water partition coefficient (Wildman–Crippen LogP) is 1.76. The maximum absolute atomic E-state index is 5.25. The Kier molecular flexibility index (Phi) is 2.30. The van der Waals surface area contributed by atoms with E-state index >= 15 is 0 Å². The molecule has 1 rings (SSSR count). The molecule has 0 amide bonds. The standard InChI is InChI=1S/C8H16N2/c1-3-7-6(2)4-5-8(7)10-9/h6-7H,3-5,9H2,1-2H3/b10-8-/t6-,7-/m1/s1. The van der Waals surface area contributed by atoms with Gasteiger partial charge in [-0.25, -0.2) is 0 Å². The summed E-state index contributed by atoms with van der Waals surface area (Å²) in [4.78, 5) is 0. The molecule has 2 N–H and O–H groups in total. The smallest absolute Gasteiger partial charge is 0.0409 e. The lowest BCUT2D eigenvalue weighted by Gasteiger charge is -2.11. The zero-order chi connectivity index (χ0) is 7.56. The van der Waals surface area contributed by atoms with E-state index in [2.05, 4.69) is 18.9 Å². The monoisotopic (exact) mass is 140 g/mol. The normalized spacial score (nSPS) is 37.2. The highest BCUT2D eigenvalue weighted by molar-refractivity contribution is 5.88. The maximum atomic E-state index is 5.25. The summed E-state index contributed by atoms with van der Waals surface area (Å²) in [5, 5.41) is 3.81. The van der Waals surface area contributed by atoms with Crippen LogP contribution in [-0.4, -0.2) is 5.71 Å². The van der Waals surface area contributed by atoms with E-state index in [9.17, 15) is 0 Å². The van der Waals surface area contributed by atoms with Gasteiger partial charge in [0.2, 0.25) is 0 Å². The molecule has 0 aromatic heterocycles. The lowest BCUT2D eigenvalue weighted by atomic mass is 9.95. The zero-order valence-corrected chi connectivity index (χ0v) is 6.80. The molecule has 0 aliphatic heterocycles. The second-order valence-electron chi connectivity index (χ2n) is 3.15. The van der Waals surface area contributed by atoms with Crippen LogP contribution >= 0.6 is 0 Å². The molecule has 2 nitrogen and oxygen atoms in total. The van der Waals surface area contributed by atoms with Crippen molar-refractivity contribution < 1.29 is 0 Å². The number of hydrogen-bond acceptors (Lipinski definition) is 2. The Hall–Kier alpha value is -0.530. The summed E-state index contributed by atoms with van der Waals surface area (Å²) < 4.78 is 0. The van der Waals surface area contributed by atoms with Crippen molar-refractivity contribution in [3.8, 4) is 0 Å². The second-order valence-corrected chi connectivity index (χ2v) is 3.15. The molecule has 2 heteroatoms. The van der Waals surface area contributed by atoms with Gasteiger partial charge in [-0.2, -0.15) is 5.10 Å². The van der Waals surface area contributed by atoms with Gasteiger partial charge in [-0.1, -0.05) is 13.8 Å². The van der Waals surface area contributed by atoms with Crippen molar-refractivity contribution in [2.45, 2.75) is 33.1 Å². The third-order valence-corrected chi connectivity index (χ3v) is 2.58. The molecule has 10 heavy (non-hydrogen) atoms. The molecule has 1 saturated carbocycles. The largest absolute Gasteiger partial charge is 0.323 e. The molecule has 0 heterocycles. The molecule has 1 aliphatic carbocycles. The second kappa shape index (κ2) is 3.04. The lowest BCUT2D eigenvalue weighted by Crippen LogP contribution is -2.12. The van der Waals surface area contributed by atoms with Crippen molar-refractivity contribution in [2.75, 3.05) is 0 Å². The molecule has 0 aromatic carbocycles. The van der Waals surface area contributed by atoms with Crippen molar-refractivity contribution in [2.24, 2.45) is 22.8 Å². The van der Waals surface area contributed by atoms with E-state index in [4.69, 9.17) is 5.84 Å². The van der Waals surface area contributed by atoms with Crippen LogP contribution in [0.4, 0.5) is 0 Å². The molecular weight excluding hydrogens is 124 g/mol. The first kappa shape index (κ1) is 7.58. The minimum absolute atomic E-state index is 0.671. The number of rotatable bonds is 1. The van der Waals surface area contributed by atoms with E-state index in [-0.39, 0.29) is 0 Å². The zero-order valence-electron chi connectivity index (χ0n) is 6.80. The number of hydrogen-bond donors (Lipinski definition) is 1. The fourth-order valence-corrected chi connectivity index (χ4v) is 1.89. The van der Waals surface area contributed by atoms with Crippen molar-refractivity contribution >= 4 is 5.71 Å². The summed E-state index contributed by atoms with van der Waals surface area (Å²) in [5.74, 6) is 6.72. The summed E-state index contributed by atoms with van der Waals surface area (Å²) in [6.07, 6.45) is 3.59. The summed E-state index contributed by atoms with van der Waals surface area (Å²) in [7, 11) is 0. The maximum Gasteiger partial charge on any atom is 0.0409 e. The summed E-state index contributed by atoms with van der Waals surface area (Å²) in [5.41, 5.74) is 1.23. The SMILES string of the molecule is CC[C@H]1/C(=N\N)CC[C@H]1C. The quantitative estimate of drug-likeness (QED) is 0.437. The van der Waals surface area contributed by atoms with E-state index in [1.54, 1.807) is 0 Å². The van der Waals surface area contributed by atoms with Crippen molar-refractivity contribution in [3.63, 3.8) is 0 Å².